The second kappa shape index (κ2) is 10.1. The summed E-state index contributed by atoms with van der Waals surface area (Å²) < 4.78 is 18.0. The molecule has 0 unspecified atom stereocenters. The van der Waals surface area contributed by atoms with Crippen LogP contribution in [-0.2, 0) is 0 Å². The highest BCUT2D eigenvalue weighted by molar-refractivity contribution is 8.00. The zero-order chi connectivity index (χ0) is 24.2. The molecule has 176 valence electrons. The van der Waals surface area contributed by atoms with Crippen LogP contribution in [0.25, 0.3) is 10.9 Å². The first-order valence-electron chi connectivity index (χ1n) is 11.0. The summed E-state index contributed by atoms with van der Waals surface area (Å²) in [7, 11) is 0. The molecule has 1 fully saturated rings. The van der Waals surface area contributed by atoms with E-state index in [1.165, 1.54) is 24.7 Å². The smallest absolute Gasteiger partial charge is 0.274 e. The van der Waals surface area contributed by atoms with Crippen LogP contribution >= 0.6 is 11.9 Å². The lowest BCUT2D eigenvalue weighted by Gasteiger charge is -2.34. The standard InChI is InChI=1S/C25H21FN6O2S/c26-19-15-18(6-7-22(19)35-30-20-5-1-3-17-4-2-8-29-23(17)20)24(33)31-11-13-32(14-12-31)25(34)21-16-27-9-10-28-21/h1-10,15-16,30H,11-14H2. The first-order chi connectivity index (χ1) is 17.1. The van der Waals surface area contributed by atoms with Gasteiger partial charge in [-0.2, -0.15) is 0 Å². The van der Waals surface area contributed by atoms with Crippen molar-refractivity contribution >= 4 is 40.4 Å². The van der Waals surface area contributed by atoms with Gasteiger partial charge in [0.2, 0.25) is 0 Å². The van der Waals surface area contributed by atoms with Crippen LogP contribution in [0.4, 0.5) is 10.1 Å². The summed E-state index contributed by atoms with van der Waals surface area (Å²) in [5.41, 5.74) is 2.12. The summed E-state index contributed by atoms with van der Waals surface area (Å²) in [4.78, 5) is 41.4. The van der Waals surface area contributed by atoms with Gasteiger partial charge in [-0.1, -0.05) is 18.2 Å². The van der Waals surface area contributed by atoms with Crippen LogP contribution in [0.1, 0.15) is 20.8 Å². The van der Waals surface area contributed by atoms with Crippen molar-refractivity contribution in [1.82, 2.24) is 24.8 Å². The van der Waals surface area contributed by atoms with Crippen LogP contribution in [0.15, 0.2) is 78.2 Å². The van der Waals surface area contributed by atoms with E-state index in [2.05, 4.69) is 19.7 Å². The molecule has 2 aromatic carbocycles. The zero-order valence-corrected chi connectivity index (χ0v) is 19.4. The number of pyridine rings is 1. The topological polar surface area (TPSA) is 91.3 Å². The molecule has 35 heavy (non-hydrogen) atoms. The number of fused-ring (bicyclic) bond motifs is 1. The van der Waals surface area contributed by atoms with Crippen molar-refractivity contribution in [3.63, 3.8) is 0 Å². The molecule has 0 aliphatic carbocycles. The van der Waals surface area contributed by atoms with Gasteiger partial charge in [-0.05, 0) is 42.3 Å². The Labute approximate surface area is 205 Å². The van der Waals surface area contributed by atoms with E-state index in [0.717, 1.165) is 28.5 Å². The number of anilines is 1. The molecule has 0 radical (unpaired) electrons. The average Bonchev–Trinajstić information content (AvgIpc) is 2.92. The molecule has 5 rings (SSSR count). The first-order valence-corrected chi connectivity index (χ1v) is 11.8. The molecule has 10 heteroatoms. The third-order valence-corrected chi connectivity index (χ3v) is 6.59. The molecule has 8 nitrogen and oxygen atoms in total. The number of hydrogen-bond donors (Lipinski definition) is 1. The number of benzene rings is 2. The van der Waals surface area contributed by atoms with Crippen molar-refractivity contribution in [2.75, 3.05) is 30.9 Å². The molecule has 1 aliphatic rings. The Morgan fingerprint density at radius 3 is 2.40 bits per heavy atom. The maximum absolute atomic E-state index is 14.8. The lowest BCUT2D eigenvalue weighted by Crippen LogP contribution is -2.50. The van der Waals surface area contributed by atoms with Gasteiger partial charge < -0.3 is 14.5 Å². The highest BCUT2D eigenvalue weighted by Crippen LogP contribution is 2.28. The molecule has 2 aromatic heterocycles. The summed E-state index contributed by atoms with van der Waals surface area (Å²) in [6.45, 7) is 1.47. The van der Waals surface area contributed by atoms with Gasteiger partial charge in [-0.15, -0.1) is 0 Å². The van der Waals surface area contributed by atoms with Crippen LogP contribution in [0.2, 0.25) is 0 Å². The van der Waals surface area contributed by atoms with E-state index >= 15 is 0 Å². The predicted octanol–water partition coefficient (Wildman–Crippen LogP) is 3.88. The molecule has 1 N–H and O–H groups in total. The fourth-order valence-corrected chi connectivity index (χ4v) is 4.56. The number of rotatable bonds is 5. The van der Waals surface area contributed by atoms with E-state index in [0.29, 0.717) is 31.1 Å². The van der Waals surface area contributed by atoms with Gasteiger partial charge in [0, 0.05) is 55.7 Å². The van der Waals surface area contributed by atoms with E-state index in [1.807, 2.05) is 30.3 Å². The normalized spacial score (nSPS) is 13.6. The fraction of sp³-hybridized carbons (Fsp3) is 0.160. The van der Waals surface area contributed by atoms with Crippen molar-refractivity contribution < 1.29 is 14.0 Å². The van der Waals surface area contributed by atoms with Crippen molar-refractivity contribution in [2.24, 2.45) is 0 Å². The van der Waals surface area contributed by atoms with Crippen molar-refractivity contribution in [1.29, 1.82) is 0 Å². The number of carbonyl (C=O) groups excluding carboxylic acids is 2. The summed E-state index contributed by atoms with van der Waals surface area (Å²) in [5.74, 6) is -0.970. The van der Waals surface area contributed by atoms with Gasteiger partial charge in [0.15, 0.2) is 0 Å². The van der Waals surface area contributed by atoms with E-state index in [4.69, 9.17) is 0 Å². The summed E-state index contributed by atoms with van der Waals surface area (Å²) >= 11 is 1.13. The van der Waals surface area contributed by atoms with E-state index in [-0.39, 0.29) is 23.1 Å². The lowest BCUT2D eigenvalue weighted by molar-refractivity contribution is 0.0532. The SMILES string of the molecule is O=C(c1ccc(SNc2cccc3cccnc23)c(F)c1)N1CCN(C(=O)c2cnccn2)CC1. The third kappa shape index (κ3) is 4.92. The lowest BCUT2D eigenvalue weighted by atomic mass is 10.1. The van der Waals surface area contributed by atoms with Crippen LogP contribution in [-0.4, -0.2) is 62.7 Å². The zero-order valence-electron chi connectivity index (χ0n) is 18.6. The van der Waals surface area contributed by atoms with Gasteiger partial charge in [0.25, 0.3) is 11.8 Å². The fourth-order valence-electron chi connectivity index (χ4n) is 3.88. The van der Waals surface area contributed by atoms with Gasteiger partial charge in [-0.25, -0.2) is 9.37 Å². The number of halogens is 1. The second-order valence-corrected chi connectivity index (χ2v) is 8.75. The number of nitrogens with one attached hydrogen (secondary N) is 1. The van der Waals surface area contributed by atoms with Crippen molar-refractivity contribution in [3.8, 4) is 0 Å². The number of aromatic nitrogens is 3. The Morgan fingerprint density at radius 1 is 0.886 bits per heavy atom. The van der Waals surface area contributed by atoms with Crippen LogP contribution in [0.3, 0.4) is 0 Å². The number of hydrogen-bond acceptors (Lipinski definition) is 7. The Hall–Kier alpha value is -4.05. The summed E-state index contributed by atoms with van der Waals surface area (Å²) in [5, 5.41) is 0.984. The predicted molar refractivity (Wildman–Crippen MR) is 131 cm³/mol. The Morgan fingerprint density at radius 2 is 1.66 bits per heavy atom. The maximum Gasteiger partial charge on any atom is 0.274 e. The molecule has 2 amide bonds. The monoisotopic (exact) mass is 488 g/mol. The highest BCUT2D eigenvalue weighted by atomic mass is 32.2. The Bertz CT molecular complexity index is 1370. The number of amides is 2. The number of para-hydroxylation sites is 1. The second-order valence-electron chi connectivity index (χ2n) is 7.91. The number of nitrogens with zero attached hydrogens (tertiary/aromatic N) is 5. The quantitative estimate of drug-likeness (QED) is 0.426. The molecule has 0 saturated carbocycles. The van der Waals surface area contributed by atoms with Crippen LogP contribution in [0.5, 0.6) is 0 Å². The summed E-state index contributed by atoms with van der Waals surface area (Å²) in [6, 6.07) is 14.0. The molecular formula is C25H21FN6O2S. The van der Waals surface area contributed by atoms with E-state index in [1.54, 1.807) is 28.1 Å². The third-order valence-electron chi connectivity index (χ3n) is 5.72. The van der Waals surface area contributed by atoms with Crippen molar-refractivity contribution in [2.45, 2.75) is 4.90 Å². The van der Waals surface area contributed by atoms with E-state index < -0.39 is 5.82 Å². The first kappa shape index (κ1) is 22.7. The molecule has 1 aliphatic heterocycles. The van der Waals surface area contributed by atoms with Gasteiger partial charge in [0.05, 0.1) is 22.3 Å². The largest absolute Gasteiger partial charge is 0.335 e. The van der Waals surface area contributed by atoms with Gasteiger partial charge >= 0.3 is 0 Å². The molecule has 0 atom stereocenters. The van der Waals surface area contributed by atoms with Gasteiger partial charge in [-0.3, -0.25) is 19.6 Å². The molecule has 0 spiro atoms. The minimum atomic E-state index is -0.488. The van der Waals surface area contributed by atoms with Gasteiger partial charge in [0.1, 0.15) is 11.5 Å². The number of piperazine rings is 1. The summed E-state index contributed by atoms with van der Waals surface area (Å²) in [6.07, 6.45) is 6.11. The number of carbonyl (C=O) groups is 2. The average molecular weight is 489 g/mol. The van der Waals surface area contributed by atoms with Crippen molar-refractivity contribution in [3.05, 3.63) is 90.4 Å². The van der Waals surface area contributed by atoms with E-state index in [9.17, 15) is 14.0 Å². The Kier molecular flexibility index (Phi) is 6.53. The molecule has 3 heterocycles. The molecule has 1 saturated heterocycles. The van der Waals surface area contributed by atoms with Crippen LogP contribution in [0, 0.1) is 5.82 Å². The Balaban J connectivity index is 1.21. The minimum absolute atomic E-state index is 0.216. The van der Waals surface area contributed by atoms with Crippen LogP contribution < -0.4 is 4.72 Å². The molecular weight excluding hydrogens is 467 g/mol. The minimum Gasteiger partial charge on any atom is -0.335 e. The highest BCUT2D eigenvalue weighted by Gasteiger charge is 2.26. The molecule has 4 aromatic rings. The maximum atomic E-state index is 14.8. The molecule has 0 bridgehead atoms.